The molecule has 0 radical (unpaired) electrons. The lowest BCUT2D eigenvalue weighted by Crippen LogP contribution is -2.28. The minimum absolute atomic E-state index is 0.0165. The SMILES string of the molecule is Cc1ccc(S(=O)(=O)n2c(=O)c(O)c(-c3ccccc3)c3ccccc32)cc1. The maximum absolute atomic E-state index is 13.2. The summed E-state index contributed by atoms with van der Waals surface area (Å²) in [6.45, 7) is 1.85. The van der Waals surface area contributed by atoms with Gasteiger partial charge in [0.05, 0.1) is 10.4 Å². The minimum atomic E-state index is -4.19. The first kappa shape index (κ1) is 18.0. The Morgan fingerprint density at radius 2 is 1.43 bits per heavy atom. The predicted octanol–water partition coefficient (Wildman–Crippen LogP) is 3.92. The van der Waals surface area contributed by atoms with Crippen LogP contribution in [0.1, 0.15) is 5.56 Å². The van der Waals surface area contributed by atoms with E-state index >= 15 is 0 Å². The Labute approximate surface area is 162 Å². The van der Waals surface area contributed by atoms with E-state index in [1.807, 2.05) is 13.0 Å². The zero-order valence-electron chi connectivity index (χ0n) is 15.0. The second-order valence-corrected chi connectivity index (χ2v) is 8.28. The number of aromatic nitrogens is 1. The first-order chi connectivity index (χ1) is 13.4. The Morgan fingerprint density at radius 3 is 2.11 bits per heavy atom. The number of aryl methyl sites for hydroxylation is 1. The van der Waals surface area contributed by atoms with Crippen LogP contribution < -0.4 is 5.56 Å². The molecule has 0 aliphatic heterocycles. The average molecular weight is 391 g/mol. The first-order valence-electron chi connectivity index (χ1n) is 8.65. The fourth-order valence-corrected chi connectivity index (χ4v) is 4.67. The van der Waals surface area contributed by atoms with E-state index in [0.29, 0.717) is 20.5 Å². The molecule has 4 aromatic rings. The highest BCUT2D eigenvalue weighted by atomic mass is 32.2. The van der Waals surface area contributed by atoms with Gasteiger partial charge in [0.15, 0.2) is 5.75 Å². The quantitative estimate of drug-likeness (QED) is 0.574. The first-order valence-corrected chi connectivity index (χ1v) is 10.1. The van der Waals surface area contributed by atoms with E-state index in [-0.39, 0.29) is 10.4 Å². The van der Waals surface area contributed by atoms with Crippen molar-refractivity contribution in [1.82, 2.24) is 3.97 Å². The van der Waals surface area contributed by atoms with Crippen molar-refractivity contribution in [2.45, 2.75) is 11.8 Å². The third kappa shape index (κ3) is 2.78. The molecular weight excluding hydrogens is 374 g/mol. The van der Waals surface area contributed by atoms with E-state index in [1.54, 1.807) is 60.7 Å². The fourth-order valence-electron chi connectivity index (χ4n) is 3.25. The van der Waals surface area contributed by atoms with Gasteiger partial charge >= 0.3 is 5.56 Å². The molecule has 0 spiro atoms. The molecule has 0 bridgehead atoms. The lowest BCUT2D eigenvalue weighted by Gasteiger charge is -2.16. The zero-order valence-corrected chi connectivity index (χ0v) is 15.8. The number of fused-ring (bicyclic) bond motifs is 1. The van der Waals surface area contributed by atoms with Gasteiger partial charge in [-0.1, -0.05) is 66.2 Å². The van der Waals surface area contributed by atoms with Crippen LogP contribution in [-0.4, -0.2) is 17.5 Å². The van der Waals surface area contributed by atoms with Crippen molar-refractivity contribution in [3.8, 4) is 16.9 Å². The highest BCUT2D eigenvalue weighted by Crippen LogP contribution is 2.34. The molecule has 0 aliphatic carbocycles. The molecule has 1 N–H and O–H groups in total. The van der Waals surface area contributed by atoms with Gasteiger partial charge in [-0.05, 0) is 30.7 Å². The van der Waals surface area contributed by atoms with Crippen LogP contribution in [0.2, 0.25) is 0 Å². The van der Waals surface area contributed by atoms with Crippen molar-refractivity contribution in [1.29, 1.82) is 0 Å². The maximum Gasteiger partial charge on any atom is 0.307 e. The van der Waals surface area contributed by atoms with Gasteiger partial charge in [0.25, 0.3) is 10.0 Å². The number of nitrogens with zero attached hydrogens (tertiary/aromatic N) is 1. The van der Waals surface area contributed by atoms with Crippen molar-refractivity contribution in [2.75, 3.05) is 0 Å². The molecule has 3 aromatic carbocycles. The van der Waals surface area contributed by atoms with Crippen molar-refractivity contribution < 1.29 is 13.5 Å². The van der Waals surface area contributed by atoms with Crippen molar-refractivity contribution in [3.05, 3.63) is 94.8 Å². The molecular formula is C22H17NO4S. The van der Waals surface area contributed by atoms with Gasteiger partial charge in [0.2, 0.25) is 0 Å². The topological polar surface area (TPSA) is 76.4 Å². The summed E-state index contributed by atoms with van der Waals surface area (Å²) < 4.78 is 27.1. The lowest BCUT2D eigenvalue weighted by atomic mass is 10.0. The van der Waals surface area contributed by atoms with Crippen LogP contribution in [0.15, 0.2) is 88.6 Å². The second kappa shape index (κ2) is 6.65. The highest BCUT2D eigenvalue weighted by molar-refractivity contribution is 7.90. The number of hydrogen-bond acceptors (Lipinski definition) is 4. The Hall–Kier alpha value is -3.38. The number of hydrogen-bond donors (Lipinski definition) is 1. The molecule has 0 unspecified atom stereocenters. The molecule has 6 heteroatoms. The van der Waals surface area contributed by atoms with Crippen molar-refractivity contribution in [2.24, 2.45) is 0 Å². The van der Waals surface area contributed by atoms with Gasteiger partial charge in [-0.15, -0.1) is 0 Å². The van der Waals surface area contributed by atoms with Crippen LogP contribution in [0.3, 0.4) is 0 Å². The summed E-state index contributed by atoms with van der Waals surface area (Å²) in [7, 11) is -4.19. The smallest absolute Gasteiger partial charge is 0.307 e. The van der Waals surface area contributed by atoms with E-state index in [0.717, 1.165) is 5.56 Å². The van der Waals surface area contributed by atoms with Gasteiger partial charge in [0, 0.05) is 10.9 Å². The van der Waals surface area contributed by atoms with Crippen LogP contribution in [0.5, 0.6) is 5.75 Å². The van der Waals surface area contributed by atoms with Crippen LogP contribution in [0, 0.1) is 6.92 Å². The molecule has 0 saturated heterocycles. The Bertz CT molecular complexity index is 1340. The van der Waals surface area contributed by atoms with Gasteiger partial charge in [-0.3, -0.25) is 4.79 Å². The van der Waals surface area contributed by atoms with E-state index < -0.39 is 21.3 Å². The van der Waals surface area contributed by atoms with E-state index in [4.69, 9.17) is 0 Å². The molecule has 0 aliphatic rings. The molecule has 0 atom stereocenters. The van der Waals surface area contributed by atoms with Gasteiger partial charge in [0.1, 0.15) is 0 Å². The van der Waals surface area contributed by atoms with Gasteiger partial charge < -0.3 is 5.11 Å². The zero-order chi connectivity index (χ0) is 19.9. The van der Waals surface area contributed by atoms with Crippen LogP contribution >= 0.6 is 0 Å². The molecule has 4 rings (SSSR count). The van der Waals surface area contributed by atoms with E-state index in [9.17, 15) is 18.3 Å². The summed E-state index contributed by atoms with van der Waals surface area (Å²) in [6.07, 6.45) is 0. The normalized spacial score (nSPS) is 11.6. The number of rotatable bonds is 3. The summed E-state index contributed by atoms with van der Waals surface area (Å²) in [4.78, 5) is 13.0. The number of aromatic hydroxyl groups is 1. The summed E-state index contributed by atoms with van der Waals surface area (Å²) >= 11 is 0. The summed E-state index contributed by atoms with van der Waals surface area (Å²) in [5.74, 6) is -0.597. The Kier molecular flexibility index (Phi) is 4.28. The summed E-state index contributed by atoms with van der Waals surface area (Å²) in [5.41, 5.74) is 1.09. The number of para-hydroxylation sites is 1. The monoisotopic (exact) mass is 391 g/mol. The van der Waals surface area contributed by atoms with Crippen LogP contribution in [0.4, 0.5) is 0 Å². The molecule has 0 fully saturated rings. The molecule has 0 amide bonds. The van der Waals surface area contributed by atoms with Crippen molar-refractivity contribution >= 4 is 20.9 Å². The van der Waals surface area contributed by atoms with Crippen molar-refractivity contribution in [3.63, 3.8) is 0 Å². The Morgan fingerprint density at radius 1 is 0.821 bits per heavy atom. The number of benzene rings is 3. The molecule has 28 heavy (non-hydrogen) atoms. The van der Waals surface area contributed by atoms with E-state index in [2.05, 4.69) is 0 Å². The molecule has 5 nitrogen and oxygen atoms in total. The summed E-state index contributed by atoms with van der Waals surface area (Å²) in [5, 5.41) is 11.2. The van der Waals surface area contributed by atoms with Gasteiger partial charge in [-0.25, -0.2) is 8.42 Å². The lowest BCUT2D eigenvalue weighted by molar-refractivity contribution is 0.467. The van der Waals surface area contributed by atoms with Crippen LogP contribution in [-0.2, 0) is 10.0 Å². The average Bonchev–Trinajstić information content (AvgIpc) is 2.70. The van der Waals surface area contributed by atoms with Crippen LogP contribution in [0.25, 0.3) is 22.0 Å². The largest absolute Gasteiger partial charge is 0.503 e. The molecule has 0 saturated carbocycles. The fraction of sp³-hybridized carbons (Fsp3) is 0.0455. The third-order valence-electron chi connectivity index (χ3n) is 4.64. The number of pyridine rings is 1. The maximum atomic E-state index is 13.2. The third-order valence-corrected chi connectivity index (χ3v) is 6.35. The summed E-state index contributed by atoms with van der Waals surface area (Å²) in [6, 6.07) is 21.8. The standard InChI is InChI=1S/C22H17NO4S/c1-15-11-13-17(14-12-15)28(26,27)23-19-10-6-5-9-18(19)20(21(24)22(23)25)16-7-3-2-4-8-16/h2-14,24H,1H3. The Balaban J connectivity index is 2.11. The minimum Gasteiger partial charge on any atom is -0.503 e. The molecule has 1 aromatic heterocycles. The van der Waals surface area contributed by atoms with Gasteiger partial charge in [-0.2, -0.15) is 3.97 Å². The predicted molar refractivity (Wildman–Crippen MR) is 109 cm³/mol. The molecule has 1 heterocycles. The highest BCUT2D eigenvalue weighted by Gasteiger charge is 2.26. The second-order valence-electron chi connectivity index (χ2n) is 6.49. The molecule has 140 valence electrons. The van der Waals surface area contributed by atoms with E-state index in [1.165, 1.54) is 12.1 Å².